The molecular formula is C17H24ClN5OS. The average molecular weight is 382 g/mol. The molecule has 1 amide bonds. The predicted molar refractivity (Wildman–Crippen MR) is 104 cm³/mol. The van der Waals surface area contributed by atoms with E-state index in [-0.39, 0.29) is 30.3 Å². The fourth-order valence-corrected chi connectivity index (χ4v) is 4.43. The molecule has 136 valence electrons. The number of carbonyl (C=O) groups is 1. The monoisotopic (exact) mass is 381 g/mol. The third-order valence-electron chi connectivity index (χ3n) is 4.98. The summed E-state index contributed by atoms with van der Waals surface area (Å²) in [6.07, 6.45) is 5.83. The second-order valence-corrected chi connectivity index (χ2v) is 7.57. The highest BCUT2D eigenvalue weighted by molar-refractivity contribution is 7.16. The van der Waals surface area contributed by atoms with Crippen LogP contribution in [0.3, 0.4) is 0 Å². The number of amides is 1. The lowest BCUT2D eigenvalue weighted by atomic mass is 9.96. The summed E-state index contributed by atoms with van der Waals surface area (Å²) in [5.41, 5.74) is 0. The number of anilines is 1. The van der Waals surface area contributed by atoms with Crippen molar-refractivity contribution in [2.45, 2.75) is 31.7 Å². The van der Waals surface area contributed by atoms with E-state index in [0.717, 1.165) is 67.9 Å². The van der Waals surface area contributed by atoms with Crippen LogP contribution in [0.5, 0.6) is 0 Å². The molecule has 0 spiro atoms. The summed E-state index contributed by atoms with van der Waals surface area (Å²) in [5, 5.41) is 9.73. The van der Waals surface area contributed by atoms with Gasteiger partial charge in [0.15, 0.2) is 0 Å². The molecule has 2 aliphatic rings. The molecule has 1 unspecified atom stereocenters. The van der Waals surface area contributed by atoms with E-state index in [1.165, 1.54) is 0 Å². The van der Waals surface area contributed by atoms with Crippen LogP contribution >= 0.6 is 23.7 Å². The van der Waals surface area contributed by atoms with Gasteiger partial charge in [-0.25, -0.2) is 9.97 Å². The lowest BCUT2D eigenvalue weighted by Crippen LogP contribution is -2.50. The molecule has 0 radical (unpaired) electrons. The summed E-state index contributed by atoms with van der Waals surface area (Å²) in [6.45, 7) is 3.65. The lowest BCUT2D eigenvalue weighted by Gasteiger charge is -2.34. The SMILES string of the molecule is Cl.O=C(N[C@H]1CCCNC1)C1CCCN(c2ncnc3sccc23)C1. The number of nitrogens with one attached hydrogen (secondary N) is 2. The Kier molecular flexibility index (Phi) is 6.09. The molecule has 2 aliphatic heterocycles. The number of fused-ring (bicyclic) bond motifs is 1. The van der Waals surface area contributed by atoms with E-state index < -0.39 is 0 Å². The van der Waals surface area contributed by atoms with E-state index in [0.29, 0.717) is 0 Å². The predicted octanol–water partition coefficient (Wildman–Crippen LogP) is 2.20. The molecule has 2 aromatic rings. The Hall–Kier alpha value is -1.44. The van der Waals surface area contributed by atoms with Crippen molar-refractivity contribution in [2.75, 3.05) is 31.1 Å². The first kappa shape index (κ1) is 18.4. The molecule has 2 atom stereocenters. The largest absolute Gasteiger partial charge is 0.355 e. The van der Waals surface area contributed by atoms with Gasteiger partial charge in [0.25, 0.3) is 0 Å². The van der Waals surface area contributed by atoms with Gasteiger partial charge in [-0.3, -0.25) is 4.79 Å². The van der Waals surface area contributed by atoms with Crippen LogP contribution in [0.25, 0.3) is 10.2 Å². The summed E-state index contributed by atoms with van der Waals surface area (Å²) in [6, 6.07) is 2.36. The Labute approximate surface area is 157 Å². The maximum Gasteiger partial charge on any atom is 0.225 e. The molecule has 0 bridgehead atoms. The van der Waals surface area contributed by atoms with Crippen LogP contribution in [0.4, 0.5) is 5.82 Å². The molecule has 4 heterocycles. The van der Waals surface area contributed by atoms with Crippen molar-refractivity contribution < 1.29 is 4.79 Å². The fraction of sp³-hybridized carbons (Fsp3) is 0.588. The van der Waals surface area contributed by atoms with Gasteiger partial charge in [-0.1, -0.05) is 0 Å². The van der Waals surface area contributed by atoms with Crippen molar-refractivity contribution in [3.05, 3.63) is 17.8 Å². The number of aromatic nitrogens is 2. The molecule has 2 fully saturated rings. The van der Waals surface area contributed by atoms with E-state index in [2.05, 4.69) is 31.6 Å². The first-order chi connectivity index (χ1) is 11.8. The van der Waals surface area contributed by atoms with Crippen LogP contribution in [-0.2, 0) is 4.79 Å². The average Bonchev–Trinajstić information content (AvgIpc) is 3.11. The Morgan fingerprint density at radius 3 is 3.08 bits per heavy atom. The summed E-state index contributed by atoms with van der Waals surface area (Å²) in [5.74, 6) is 1.21. The van der Waals surface area contributed by atoms with E-state index in [9.17, 15) is 4.79 Å². The standard InChI is InChI=1S/C17H23N5OS.ClH/c23-16(21-13-4-1-6-18-9-13)12-3-2-7-22(10-12)15-14-5-8-24-17(14)20-11-19-15;/h5,8,11-13,18H,1-4,6-7,9-10H2,(H,21,23);1H/t12?,13-;/m0./s1. The van der Waals surface area contributed by atoms with Crippen LogP contribution in [-0.4, -0.2) is 48.1 Å². The smallest absolute Gasteiger partial charge is 0.225 e. The zero-order valence-corrected chi connectivity index (χ0v) is 15.7. The minimum absolute atomic E-state index is 0. The van der Waals surface area contributed by atoms with Crippen LogP contribution in [0, 0.1) is 5.92 Å². The van der Waals surface area contributed by atoms with Gasteiger partial charge in [0.05, 0.1) is 11.3 Å². The molecule has 2 saturated heterocycles. The first-order valence-corrected chi connectivity index (χ1v) is 9.63. The molecule has 0 saturated carbocycles. The zero-order chi connectivity index (χ0) is 16.4. The number of rotatable bonds is 3. The number of halogens is 1. The third-order valence-corrected chi connectivity index (χ3v) is 5.80. The van der Waals surface area contributed by atoms with Crippen LogP contribution < -0.4 is 15.5 Å². The van der Waals surface area contributed by atoms with Crippen LogP contribution in [0.2, 0.25) is 0 Å². The van der Waals surface area contributed by atoms with E-state index >= 15 is 0 Å². The molecule has 2 aromatic heterocycles. The highest BCUT2D eigenvalue weighted by atomic mass is 35.5. The molecule has 0 aromatic carbocycles. The Bertz CT molecular complexity index is 718. The maximum absolute atomic E-state index is 12.7. The van der Waals surface area contributed by atoms with E-state index in [1.54, 1.807) is 17.7 Å². The third kappa shape index (κ3) is 4.04. The topological polar surface area (TPSA) is 70.2 Å². The second-order valence-electron chi connectivity index (χ2n) is 6.67. The molecular weight excluding hydrogens is 358 g/mol. The van der Waals surface area contributed by atoms with Gasteiger partial charge < -0.3 is 15.5 Å². The van der Waals surface area contributed by atoms with Gasteiger partial charge in [-0.15, -0.1) is 23.7 Å². The molecule has 6 nitrogen and oxygen atoms in total. The van der Waals surface area contributed by atoms with Gasteiger partial charge in [0, 0.05) is 25.7 Å². The minimum Gasteiger partial charge on any atom is -0.355 e. The van der Waals surface area contributed by atoms with E-state index in [1.807, 2.05) is 5.38 Å². The van der Waals surface area contributed by atoms with E-state index in [4.69, 9.17) is 0 Å². The Morgan fingerprint density at radius 2 is 2.24 bits per heavy atom. The van der Waals surface area contributed by atoms with Gasteiger partial charge in [0.1, 0.15) is 17.0 Å². The highest BCUT2D eigenvalue weighted by Crippen LogP contribution is 2.30. The van der Waals surface area contributed by atoms with Crippen molar-refractivity contribution in [3.8, 4) is 0 Å². The summed E-state index contributed by atoms with van der Waals surface area (Å²) in [7, 11) is 0. The summed E-state index contributed by atoms with van der Waals surface area (Å²) >= 11 is 1.63. The molecule has 4 rings (SSSR count). The van der Waals surface area contributed by atoms with Crippen molar-refractivity contribution in [3.63, 3.8) is 0 Å². The van der Waals surface area contributed by atoms with Gasteiger partial charge in [0.2, 0.25) is 5.91 Å². The Morgan fingerprint density at radius 1 is 1.32 bits per heavy atom. The number of hydrogen-bond acceptors (Lipinski definition) is 6. The number of carbonyl (C=O) groups excluding carboxylic acids is 1. The molecule has 0 aliphatic carbocycles. The second kappa shape index (κ2) is 8.29. The van der Waals surface area contributed by atoms with Gasteiger partial charge in [-0.2, -0.15) is 0 Å². The van der Waals surface area contributed by atoms with Gasteiger partial charge >= 0.3 is 0 Å². The normalized spacial score (nSPS) is 23.9. The highest BCUT2D eigenvalue weighted by Gasteiger charge is 2.29. The first-order valence-electron chi connectivity index (χ1n) is 8.75. The number of hydrogen-bond donors (Lipinski definition) is 2. The quantitative estimate of drug-likeness (QED) is 0.852. The Balaban J connectivity index is 0.00000182. The molecule has 25 heavy (non-hydrogen) atoms. The van der Waals surface area contributed by atoms with Crippen LogP contribution in [0.1, 0.15) is 25.7 Å². The number of nitrogens with zero attached hydrogens (tertiary/aromatic N) is 3. The molecule has 8 heteroatoms. The summed E-state index contributed by atoms with van der Waals surface area (Å²) < 4.78 is 0. The van der Waals surface area contributed by atoms with Crippen molar-refractivity contribution >= 4 is 45.7 Å². The zero-order valence-electron chi connectivity index (χ0n) is 14.1. The van der Waals surface area contributed by atoms with Gasteiger partial charge in [-0.05, 0) is 43.7 Å². The minimum atomic E-state index is 0. The van der Waals surface area contributed by atoms with Crippen molar-refractivity contribution in [1.29, 1.82) is 0 Å². The number of thiophene rings is 1. The van der Waals surface area contributed by atoms with Crippen molar-refractivity contribution in [2.24, 2.45) is 5.92 Å². The number of piperidine rings is 2. The maximum atomic E-state index is 12.7. The lowest BCUT2D eigenvalue weighted by molar-refractivity contribution is -0.126. The fourth-order valence-electron chi connectivity index (χ4n) is 3.71. The summed E-state index contributed by atoms with van der Waals surface area (Å²) in [4.78, 5) is 24.7. The molecule has 2 N–H and O–H groups in total. The van der Waals surface area contributed by atoms with Crippen molar-refractivity contribution in [1.82, 2.24) is 20.6 Å². The van der Waals surface area contributed by atoms with Crippen LogP contribution in [0.15, 0.2) is 17.8 Å².